The largest absolute Gasteiger partial charge is 0.375 e. The fourth-order valence-electron chi connectivity index (χ4n) is 2.36. The Labute approximate surface area is 122 Å². The topological polar surface area (TPSA) is 34.5 Å². The molecule has 0 N–H and O–H groups in total. The van der Waals surface area contributed by atoms with Gasteiger partial charge in [0.15, 0.2) is 0 Å². The fourth-order valence-corrected chi connectivity index (χ4v) is 2.79. The molecule has 1 fully saturated rings. The smallest absolute Gasteiger partial charge is 0.270 e. The van der Waals surface area contributed by atoms with Gasteiger partial charge in [-0.05, 0) is 42.3 Å². The molecule has 1 atom stereocenters. The number of rotatable bonds is 3. The Morgan fingerprint density at radius 1 is 1.58 bits per heavy atom. The molecule has 106 valence electrons. The van der Waals surface area contributed by atoms with Gasteiger partial charge >= 0.3 is 0 Å². The van der Waals surface area contributed by atoms with Gasteiger partial charge in [-0.1, -0.05) is 6.92 Å². The molecule has 0 radical (unpaired) electrons. The Morgan fingerprint density at radius 2 is 2.32 bits per heavy atom. The zero-order chi connectivity index (χ0) is 14.0. The number of hydrogen-bond acceptors (Lipinski definition) is 2. The summed E-state index contributed by atoms with van der Waals surface area (Å²) < 4.78 is 8.58. The first-order chi connectivity index (χ1) is 9.02. The van der Waals surface area contributed by atoms with E-state index in [1.54, 1.807) is 0 Å². The Bertz CT molecular complexity index is 456. The first kappa shape index (κ1) is 14.6. The Morgan fingerprint density at radius 3 is 2.95 bits per heavy atom. The van der Waals surface area contributed by atoms with Crippen molar-refractivity contribution in [2.45, 2.75) is 39.3 Å². The predicted molar refractivity (Wildman–Crippen MR) is 78.5 cm³/mol. The molecule has 1 amide bonds. The van der Waals surface area contributed by atoms with E-state index in [1.165, 1.54) is 0 Å². The molecular weight excluding hydrogens is 308 g/mol. The van der Waals surface area contributed by atoms with E-state index in [0.29, 0.717) is 19.7 Å². The maximum Gasteiger partial charge on any atom is 0.270 e. The van der Waals surface area contributed by atoms with Gasteiger partial charge in [-0.25, -0.2) is 0 Å². The number of amides is 1. The molecule has 1 aliphatic rings. The number of carbonyl (C=O) groups is 1. The third-order valence-corrected chi connectivity index (χ3v) is 3.91. The van der Waals surface area contributed by atoms with Gasteiger partial charge in [0.2, 0.25) is 0 Å². The average molecular weight is 329 g/mol. The summed E-state index contributed by atoms with van der Waals surface area (Å²) in [7, 11) is 0. The number of carbonyl (C=O) groups excluding carboxylic acids is 1. The van der Waals surface area contributed by atoms with Crippen LogP contribution in [0.25, 0.3) is 0 Å². The summed E-state index contributed by atoms with van der Waals surface area (Å²) >= 11 is 3.45. The first-order valence-electron chi connectivity index (χ1n) is 6.81. The van der Waals surface area contributed by atoms with Crippen LogP contribution >= 0.6 is 15.9 Å². The van der Waals surface area contributed by atoms with Crippen LogP contribution in [0.3, 0.4) is 0 Å². The van der Waals surface area contributed by atoms with E-state index in [2.05, 4.69) is 36.7 Å². The SMILES string of the molecule is CCC1CN(C(=O)c2cc(Br)cn2C(C)C)CCO1. The van der Waals surface area contributed by atoms with E-state index in [1.807, 2.05) is 21.7 Å². The maximum absolute atomic E-state index is 12.6. The number of aromatic nitrogens is 1. The van der Waals surface area contributed by atoms with Crippen LogP contribution in [0.15, 0.2) is 16.7 Å². The summed E-state index contributed by atoms with van der Waals surface area (Å²) in [6, 6.07) is 2.17. The number of nitrogens with zero attached hydrogens (tertiary/aromatic N) is 2. The van der Waals surface area contributed by atoms with E-state index < -0.39 is 0 Å². The van der Waals surface area contributed by atoms with E-state index in [4.69, 9.17) is 4.74 Å². The molecule has 1 aromatic rings. The minimum atomic E-state index is 0.0983. The van der Waals surface area contributed by atoms with Crippen molar-refractivity contribution in [1.82, 2.24) is 9.47 Å². The molecule has 0 bridgehead atoms. The van der Waals surface area contributed by atoms with E-state index >= 15 is 0 Å². The van der Waals surface area contributed by atoms with Crippen LogP contribution in [0.5, 0.6) is 0 Å². The average Bonchev–Trinajstić information content (AvgIpc) is 2.80. The number of ether oxygens (including phenoxy) is 1. The Balaban J connectivity index is 2.19. The molecule has 19 heavy (non-hydrogen) atoms. The molecule has 1 unspecified atom stereocenters. The minimum absolute atomic E-state index is 0.0983. The molecule has 2 rings (SSSR count). The van der Waals surface area contributed by atoms with Crippen molar-refractivity contribution in [3.05, 3.63) is 22.4 Å². The third kappa shape index (κ3) is 3.20. The second-order valence-electron chi connectivity index (χ2n) is 5.20. The summed E-state index contributed by atoms with van der Waals surface area (Å²) in [4.78, 5) is 14.5. The van der Waals surface area contributed by atoms with Crippen LogP contribution in [0, 0.1) is 0 Å². The van der Waals surface area contributed by atoms with Crippen LogP contribution in [0.2, 0.25) is 0 Å². The highest BCUT2D eigenvalue weighted by Gasteiger charge is 2.26. The lowest BCUT2D eigenvalue weighted by Gasteiger charge is -2.32. The van der Waals surface area contributed by atoms with Gasteiger partial charge in [0.25, 0.3) is 5.91 Å². The second-order valence-corrected chi connectivity index (χ2v) is 6.11. The quantitative estimate of drug-likeness (QED) is 0.854. The zero-order valence-electron chi connectivity index (χ0n) is 11.7. The zero-order valence-corrected chi connectivity index (χ0v) is 13.3. The summed E-state index contributed by atoms with van der Waals surface area (Å²) in [5.41, 5.74) is 0.749. The number of hydrogen-bond donors (Lipinski definition) is 0. The summed E-state index contributed by atoms with van der Waals surface area (Å²) in [5.74, 6) is 0.0983. The highest BCUT2D eigenvalue weighted by molar-refractivity contribution is 9.10. The third-order valence-electron chi connectivity index (χ3n) is 3.47. The molecule has 1 aromatic heterocycles. The first-order valence-corrected chi connectivity index (χ1v) is 7.60. The standard InChI is InChI=1S/C14H21BrN2O2/c1-4-12-9-16(5-6-19-12)14(18)13-7-11(15)8-17(13)10(2)3/h7-8,10,12H,4-6,9H2,1-3H3. The minimum Gasteiger partial charge on any atom is -0.375 e. The van der Waals surface area contributed by atoms with Gasteiger partial charge in [0, 0.05) is 29.8 Å². The van der Waals surface area contributed by atoms with E-state index in [0.717, 1.165) is 16.6 Å². The lowest BCUT2D eigenvalue weighted by atomic mass is 10.2. The molecule has 0 aliphatic carbocycles. The molecule has 2 heterocycles. The summed E-state index contributed by atoms with van der Waals surface area (Å²) in [5, 5.41) is 0. The molecule has 0 saturated carbocycles. The highest BCUT2D eigenvalue weighted by Crippen LogP contribution is 2.22. The van der Waals surface area contributed by atoms with Gasteiger partial charge in [0.1, 0.15) is 5.69 Å². The fraction of sp³-hybridized carbons (Fsp3) is 0.643. The number of halogens is 1. The van der Waals surface area contributed by atoms with Crippen molar-refractivity contribution in [1.29, 1.82) is 0 Å². The van der Waals surface area contributed by atoms with Gasteiger partial charge < -0.3 is 14.2 Å². The maximum atomic E-state index is 12.6. The molecule has 0 spiro atoms. The summed E-state index contributed by atoms with van der Waals surface area (Å²) in [6.07, 6.45) is 3.08. The van der Waals surface area contributed by atoms with Gasteiger partial charge in [-0.15, -0.1) is 0 Å². The lowest BCUT2D eigenvalue weighted by Crippen LogP contribution is -2.45. The van der Waals surface area contributed by atoms with Crippen LogP contribution in [-0.4, -0.2) is 41.2 Å². The normalized spacial score (nSPS) is 20.1. The summed E-state index contributed by atoms with van der Waals surface area (Å²) in [6.45, 7) is 8.25. The number of morpholine rings is 1. The lowest BCUT2D eigenvalue weighted by molar-refractivity contribution is -0.0229. The van der Waals surface area contributed by atoms with Crippen molar-refractivity contribution in [2.24, 2.45) is 0 Å². The Hall–Kier alpha value is -0.810. The molecular formula is C14H21BrN2O2. The van der Waals surface area contributed by atoms with Crippen molar-refractivity contribution >= 4 is 21.8 Å². The molecule has 5 heteroatoms. The van der Waals surface area contributed by atoms with Crippen LogP contribution in [0.1, 0.15) is 43.7 Å². The van der Waals surface area contributed by atoms with Crippen LogP contribution in [-0.2, 0) is 4.74 Å². The van der Waals surface area contributed by atoms with Crippen molar-refractivity contribution < 1.29 is 9.53 Å². The van der Waals surface area contributed by atoms with Crippen molar-refractivity contribution in [2.75, 3.05) is 19.7 Å². The van der Waals surface area contributed by atoms with E-state index in [-0.39, 0.29) is 18.1 Å². The van der Waals surface area contributed by atoms with Crippen molar-refractivity contribution in [3.8, 4) is 0 Å². The molecule has 4 nitrogen and oxygen atoms in total. The van der Waals surface area contributed by atoms with Gasteiger partial charge in [0.05, 0.1) is 12.7 Å². The van der Waals surface area contributed by atoms with Gasteiger partial charge in [-0.3, -0.25) is 4.79 Å². The molecule has 1 aliphatic heterocycles. The monoisotopic (exact) mass is 328 g/mol. The molecule has 1 saturated heterocycles. The predicted octanol–water partition coefficient (Wildman–Crippen LogP) is 3.08. The van der Waals surface area contributed by atoms with Crippen LogP contribution in [0.4, 0.5) is 0 Å². The highest BCUT2D eigenvalue weighted by atomic mass is 79.9. The van der Waals surface area contributed by atoms with Crippen LogP contribution < -0.4 is 0 Å². The Kier molecular flexibility index (Phi) is 4.68. The van der Waals surface area contributed by atoms with Gasteiger partial charge in [-0.2, -0.15) is 0 Å². The van der Waals surface area contributed by atoms with E-state index in [9.17, 15) is 4.79 Å². The molecule has 0 aromatic carbocycles. The second kappa shape index (κ2) is 6.09. The van der Waals surface area contributed by atoms with Crippen molar-refractivity contribution in [3.63, 3.8) is 0 Å².